The number of amides is 1. The van der Waals surface area contributed by atoms with E-state index in [4.69, 9.17) is 0 Å². The van der Waals surface area contributed by atoms with Crippen molar-refractivity contribution >= 4 is 22.8 Å². The Morgan fingerprint density at radius 1 is 1.12 bits per heavy atom. The number of rotatable bonds is 2. The van der Waals surface area contributed by atoms with Gasteiger partial charge < -0.3 is 14.8 Å². The first-order valence-corrected chi connectivity index (χ1v) is 8.26. The van der Waals surface area contributed by atoms with Crippen molar-refractivity contribution < 1.29 is 9.18 Å². The fourth-order valence-corrected chi connectivity index (χ4v) is 3.08. The number of hydrogen-bond acceptors (Lipinski definition) is 5. The largest absolute Gasteiger partial charge is 0.360 e. The maximum absolute atomic E-state index is 13.4. The summed E-state index contributed by atoms with van der Waals surface area (Å²) in [6, 6.07) is 5.65. The van der Waals surface area contributed by atoms with Crippen LogP contribution in [0.1, 0.15) is 10.4 Å². The van der Waals surface area contributed by atoms with E-state index in [1.54, 1.807) is 23.4 Å². The van der Waals surface area contributed by atoms with E-state index in [0.717, 1.165) is 6.07 Å². The van der Waals surface area contributed by atoms with Crippen LogP contribution < -0.4 is 10.3 Å². The molecule has 0 atom stereocenters. The maximum atomic E-state index is 13.4. The summed E-state index contributed by atoms with van der Waals surface area (Å²) in [7, 11) is 0. The predicted octanol–water partition coefficient (Wildman–Crippen LogP) is 1.42. The van der Waals surface area contributed by atoms with Gasteiger partial charge in [0.1, 0.15) is 11.4 Å². The molecule has 0 spiro atoms. The smallest absolute Gasteiger partial charge is 0.259 e. The fourth-order valence-electron chi connectivity index (χ4n) is 3.08. The molecule has 1 fully saturated rings. The number of pyridine rings is 1. The number of nitrogens with one attached hydrogen (secondary N) is 1. The zero-order valence-corrected chi connectivity index (χ0v) is 13.9. The number of benzene rings is 1. The Balaban J connectivity index is 1.55. The molecule has 0 saturated carbocycles. The lowest BCUT2D eigenvalue weighted by Crippen LogP contribution is -2.50. The number of nitrogens with zero attached hydrogens (tertiary/aromatic N) is 4. The van der Waals surface area contributed by atoms with Crippen molar-refractivity contribution in [1.82, 2.24) is 19.9 Å². The molecular weight excluding hydrogens is 337 g/mol. The molecular formula is C18H16FN5O2. The van der Waals surface area contributed by atoms with E-state index < -0.39 is 11.2 Å². The lowest BCUT2D eigenvalue weighted by atomic mass is 10.1. The Hall–Kier alpha value is -3.29. The van der Waals surface area contributed by atoms with Crippen molar-refractivity contribution in [1.29, 1.82) is 0 Å². The number of aromatic nitrogens is 3. The number of carbonyl (C=O) groups is 1. The van der Waals surface area contributed by atoms with Crippen LogP contribution in [-0.2, 0) is 0 Å². The first kappa shape index (κ1) is 16.2. The average Bonchev–Trinajstić information content (AvgIpc) is 2.69. The van der Waals surface area contributed by atoms with Crippen molar-refractivity contribution in [2.75, 3.05) is 31.1 Å². The summed E-state index contributed by atoms with van der Waals surface area (Å²) in [4.78, 5) is 40.3. The molecule has 8 heteroatoms. The molecule has 26 heavy (non-hydrogen) atoms. The summed E-state index contributed by atoms with van der Waals surface area (Å²) < 4.78 is 13.4. The quantitative estimate of drug-likeness (QED) is 0.753. The van der Waals surface area contributed by atoms with Crippen molar-refractivity contribution in [2.24, 2.45) is 0 Å². The number of fused-ring (bicyclic) bond motifs is 1. The standard InChI is InChI=1S/C18H16FN5O2/c19-12-2-3-15-13(10-12)16(25)14(11-22-15)17(26)23-6-8-24(9-7-23)18-20-4-1-5-21-18/h1-5,10-11H,6-9H2,(H,22,25). The molecule has 4 rings (SSSR count). The van der Waals surface area contributed by atoms with Gasteiger partial charge in [0.2, 0.25) is 11.4 Å². The Bertz CT molecular complexity index is 1010. The topological polar surface area (TPSA) is 82.2 Å². The lowest BCUT2D eigenvalue weighted by Gasteiger charge is -2.34. The Morgan fingerprint density at radius 3 is 2.58 bits per heavy atom. The molecule has 3 heterocycles. The van der Waals surface area contributed by atoms with Crippen LogP contribution in [0.5, 0.6) is 0 Å². The monoisotopic (exact) mass is 353 g/mol. The van der Waals surface area contributed by atoms with Crippen LogP contribution >= 0.6 is 0 Å². The molecule has 132 valence electrons. The zero-order valence-electron chi connectivity index (χ0n) is 13.9. The molecule has 1 saturated heterocycles. The molecule has 0 unspecified atom stereocenters. The van der Waals surface area contributed by atoms with Crippen molar-refractivity contribution in [3.05, 3.63) is 64.5 Å². The van der Waals surface area contributed by atoms with Gasteiger partial charge in [0, 0.05) is 55.7 Å². The number of hydrogen-bond donors (Lipinski definition) is 1. The maximum Gasteiger partial charge on any atom is 0.259 e. The first-order chi connectivity index (χ1) is 12.6. The second-order valence-corrected chi connectivity index (χ2v) is 6.05. The third-order valence-corrected chi connectivity index (χ3v) is 4.48. The van der Waals surface area contributed by atoms with Gasteiger partial charge >= 0.3 is 0 Å². The normalized spacial score (nSPS) is 14.7. The van der Waals surface area contributed by atoms with E-state index in [1.165, 1.54) is 18.3 Å². The van der Waals surface area contributed by atoms with E-state index in [1.807, 2.05) is 4.90 Å². The highest BCUT2D eigenvalue weighted by atomic mass is 19.1. The molecule has 1 aliphatic rings. The second kappa shape index (κ2) is 6.55. The van der Waals surface area contributed by atoms with E-state index in [9.17, 15) is 14.0 Å². The molecule has 2 aromatic heterocycles. The van der Waals surface area contributed by atoms with Crippen LogP contribution in [0, 0.1) is 5.82 Å². The van der Waals surface area contributed by atoms with Gasteiger partial charge in [-0.2, -0.15) is 0 Å². The van der Waals surface area contributed by atoms with Gasteiger partial charge in [-0.25, -0.2) is 14.4 Å². The summed E-state index contributed by atoms with van der Waals surface area (Å²) >= 11 is 0. The highest BCUT2D eigenvalue weighted by molar-refractivity contribution is 5.97. The molecule has 7 nitrogen and oxygen atoms in total. The highest BCUT2D eigenvalue weighted by Gasteiger charge is 2.25. The molecule has 0 aliphatic carbocycles. The zero-order chi connectivity index (χ0) is 18.1. The molecule has 1 aliphatic heterocycles. The summed E-state index contributed by atoms with van der Waals surface area (Å²) in [5, 5.41) is 0.173. The van der Waals surface area contributed by atoms with Gasteiger partial charge in [-0.3, -0.25) is 9.59 Å². The van der Waals surface area contributed by atoms with Crippen LogP contribution in [0.3, 0.4) is 0 Å². The minimum absolute atomic E-state index is 0.0208. The Labute approximate surface area is 148 Å². The SMILES string of the molecule is O=C(c1c[nH]c2ccc(F)cc2c1=O)N1CCN(c2ncccn2)CC1. The predicted molar refractivity (Wildman–Crippen MR) is 94.7 cm³/mol. The first-order valence-electron chi connectivity index (χ1n) is 8.26. The third-order valence-electron chi connectivity index (χ3n) is 4.48. The molecule has 3 aromatic rings. The van der Waals surface area contributed by atoms with Gasteiger partial charge in [-0.05, 0) is 24.3 Å². The molecule has 0 bridgehead atoms. The summed E-state index contributed by atoms with van der Waals surface area (Å²) in [5.74, 6) is -0.242. The van der Waals surface area contributed by atoms with Crippen LogP contribution in [0.4, 0.5) is 10.3 Å². The second-order valence-electron chi connectivity index (χ2n) is 6.05. The van der Waals surface area contributed by atoms with Crippen molar-refractivity contribution in [3.63, 3.8) is 0 Å². The minimum atomic E-state index is -0.510. The van der Waals surface area contributed by atoms with Crippen LogP contribution in [0.25, 0.3) is 10.9 Å². The number of piperazine rings is 1. The van der Waals surface area contributed by atoms with E-state index in [-0.39, 0.29) is 16.9 Å². The molecule has 1 N–H and O–H groups in total. The van der Waals surface area contributed by atoms with Gasteiger partial charge in [-0.1, -0.05) is 0 Å². The van der Waals surface area contributed by atoms with E-state index in [2.05, 4.69) is 15.0 Å². The number of anilines is 1. The highest BCUT2D eigenvalue weighted by Crippen LogP contribution is 2.14. The number of aromatic amines is 1. The van der Waals surface area contributed by atoms with Gasteiger partial charge in [0.25, 0.3) is 5.91 Å². The average molecular weight is 353 g/mol. The Morgan fingerprint density at radius 2 is 1.85 bits per heavy atom. The van der Waals surface area contributed by atoms with Crippen LogP contribution in [0.2, 0.25) is 0 Å². The number of H-pyrrole nitrogens is 1. The molecule has 1 aromatic carbocycles. The van der Waals surface area contributed by atoms with E-state index in [0.29, 0.717) is 37.6 Å². The Kier molecular flexibility index (Phi) is 4.08. The van der Waals surface area contributed by atoms with Gasteiger partial charge in [0.05, 0.1) is 0 Å². The van der Waals surface area contributed by atoms with Crippen molar-refractivity contribution in [2.45, 2.75) is 0 Å². The fraction of sp³-hybridized carbons (Fsp3) is 0.222. The van der Waals surface area contributed by atoms with Gasteiger partial charge in [-0.15, -0.1) is 0 Å². The third kappa shape index (κ3) is 2.90. The number of carbonyl (C=O) groups excluding carboxylic acids is 1. The van der Waals surface area contributed by atoms with Crippen molar-refractivity contribution in [3.8, 4) is 0 Å². The molecule has 0 radical (unpaired) electrons. The summed E-state index contributed by atoms with van der Waals surface area (Å²) in [5.41, 5.74) is 0.0589. The summed E-state index contributed by atoms with van der Waals surface area (Å²) in [6.07, 6.45) is 4.75. The minimum Gasteiger partial charge on any atom is -0.360 e. The van der Waals surface area contributed by atoms with E-state index >= 15 is 0 Å². The summed E-state index contributed by atoms with van der Waals surface area (Å²) in [6.45, 7) is 2.07. The number of halogens is 1. The molecule has 1 amide bonds. The van der Waals surface area contributed by atoms with Gasteiger partial charge in [0.15, 0.2) is 0 Å². The lowest BCUT2D eigenvalue weighted by molar-refractivity contribution is 0.0745. The van der Waals surface area contributed by atoms with Crippen LogP contribution in [-0.4, -0.2) is 51.9 Å². The van der Waals surface area contributed by atoms with Crippen LogP contribution in [0.15, 0.2) is 47.7 Å².